The number of anilines is 1. The molecule has 7 heteroatoms. The van der Waals surface area contributed by atoms with Crippen LogP contribution in [0.1, 0.15) is 37.1 Å². The number of methoxy groups -OCH3 is 1. The lowest BCUT2D eigenvalue weighted by molar-refractivity contribution is 0.396. The van der Waals surface area contributed by atoms with Crippen LogP contribution in [-0.2, 0) is 6.42 Å². The van der Waals surface area contributed by atoms with E-state index in [1.165, 1.54) is 11.1 Å². The molecular weight excluding hydrogens is 426 g/mol. The van der Waals surface area contributed by atoms with E-state index < -0.39 is 0 Å². The first-order valence-electron chi connectivity index (χ1n) is 11.3. The van der Waals surface area contributed by atoms with E-state index in [2.05, 4.69) is 64.5 Å². The third kappa shape index (κ3) is 5.67. The number of nitrogens with one attached hydrogen (secondary N) is 1. The van der Waals surface area contributed by atoms with Crippen LogP contribution in [0.15, 0.2) is 65.2 Å². The maximum absolute atomic E-state index is 5.21. The second kappa shape index (κ2) is 10.7. The molecule has 1 aromatic carbocycles. The molecular formula is C27H29N5O2. The van der Waals surface area contributed by atoms with E-state index in [1.807, 2.05) is 13.0 Å². The van der Waals surface area contributed by atoms with Crippen LogP contribution >= 0.6 is 0 Å². The Bertz CT molecular complexity index is 1240. The highest BCUT2D eigenvalue weighted by Gasteiger charge is 2.12. The maximum atomic E-state index is 5.21. The van der Waals surface area contributed by atoms with Gasteiger partial charge in [-0.05, 0) is 45.2 Å². The normalized spacial score (nSPS) is 10.7. The molecule has 1 N–H and O–H groups in total. The monoisotopic (exact) mass is 455 g/mol. The molecule has 0 radical (unpaired) electrons. The van der Waals surface area contributed by atoms with Crippen molar-refractivity contribution in [1.29, 1.82) is 0 Å². The Kier molecular flexibility index (Phi) is 7.32. The summed E-state index contributed by atoms with van der Waals surface area (Å²) in [6, 6.07) is 10.3. The van der Waals surface area contributed by atoms with Crippen LogP contribution < -0.4 is 10.1 Å². The first-order valence-corrected chi connectivity index (χ1v) is 11.3. The predicted molar refractivity (Wildman–Crippen MR) is 135 cm³/mol. The number of aryl methyl sites for hydroxylation is 2. The number of rotatable bonds is 9. The molecule has 0 amide bonds. The van der Waals surface area contributed by atoms with Crippen LogP contribution in [0.2, 0.25) is 0 Å². The number of hydrogen-bond donors (Lipinski definition) is 1. The van der Waals surface area contributed by atoms with Crippen molar-refractivity contribution in [2.75, 3.05) is 19.0 Å². The van der Waals surface area contributed by atoms with Gasteiger partial charge < -0.3 is 14.5 Å². The molecule has 0 fully saturated rings. The fourth-order valence-corrected chi connectivity index (χ4v) is 3.61. The number of furan rings is 1. The van der Waals surface area contributed by atoms with Crippen LogP contribution in [-0.4, -0.2) is 33.6 Å². The van der Waals surface area contributed by atoms with E-state index in [0.717, 1.165) is 53.3 Å². The Morgan fingerprint density at radius 2 is 1.85 bits per heavy atom. The van der Waals surface area contributed by atoms with Crippen molar-refractivity contribution in [3.63, 3.8) is 0 Å². The smallest absolute Gasteiger partial charge is 0.232 e. The van der Waals surface area contributed by atoms with Gasteiger partial charge in [-0.1, -0.05) is 35.9 Å². The molecule has 3 heterocycles. The molecule has 0 saturated carbocycles. The minimum Gasteiger partial charge on any atom is -0.480 e. The Balaban J connectivity index is 1.40. The molecule has 0 aliphatic rings. The van der Waals surface area contributed by atoms with Crippen molar-refractivity contribution in [3.8, 4) is 28.5 Å². The van der Waals surface area contributed by atoms with Crippen molar-refractivity contribution in [2.45, 2.75) is 33.6 Å². The molecule has 0 bridgehead atoms. The number of nitrogens with zero attached hydrogens (tertiary/aromatic N) is 4. The number of benzene rings is 1. The molecule has 7 nitrogen and oxygen atoms in total. The minimum absolute atomic E-state index is 0.511. The first-order chi connectivity index (χ1) is 16.5. The predicted octanol–water partition coefficient (Wildman–Crippen LogP) is 5.98. The molecule has 0 aliphatic heterocycles. The summed E-state index contributed by atoms with van der Waals surface area (Å²) < 4.78 is 10.3. The molecule has 0 unspecified atom stereocenters. The van der Waals surface area contributed by atoms with Gasteiger partial charge >= 0.3 is 0 Å². The molecule has 34 heavy (non-hydrogen) atoms. The molecule has 0 aliphatic carbocycles. The first kappa shape index (κ1) is 23.2. The number of ether oxygens (including phenoxy) is 1. The van der Waals surface area contributed by atoms with Gasteiger partial charge in [-0.2, -0.15) is 0 Å². The van der Waals surface area contributed by atoms with Gasteiger partial charge in [0.25, 0.3) is 0 Å². The number of aromatic nitrogens is 4. The van der Waals surface area contributed by atoms with Crippen LogP contribution in [0.5, 0.6) is 5.88 Å². The van der Waals surface area contributed by atoms with Crippen LogP contribution in [0.4, 0.5) is 5.82 Å². The van der Waals surface area contributed by atoms with Gasteiger partial charge in [-0.3, -0.25) is 0 Å². The highest BCUT2D eigenvalue weighted by Crippen LogP contribution is 2.25. The average Bonchev–Trinajstić information content (AvgIpc) is 3.39. The highest BCUT2D eigenvalue weighted by atomic mass is 16.5. The second-order valence-electron chi connectivity index (χ2n) is 8.30. The zero-order valence-electron chi connectivity index (χ0n) is 20.0. The van der Waals surface area contributed by atoms with Crippen molar-refractivity contribution >= 4 is 11.9 Å². The summed E-state index contributed by atoms with van der Waals surface area (Å²) in [5.74, 6) is 2.02. The molecule has 4 rings (SSSR count). The van der Waals surface area contributed by atoms with Crippen molar-refractivity contribution in [1.82, 2.24) is 19.9 Å². The fraction of sp³-hybridized carbons (Fsp3) is 0.259. The number of allylic oxidation sites excluding steroid dienone is 1. The van der Waals surface area contributed by atoms with Gasteiger partial charge in [-0.25, -0.2) is 19.9 Å². The third-order valence-corrected chi connectivity index (χ3v) is 5.37. The van der Waals surface area contributed by atoms with Gasteiger partial charge in [0.2, 0.25) is 5.88 Å². The largest absolute Gasteiger partial charge is 0.480 e. The third-order valence-electron chi connectivity index (χ3n) is 5.37. The molecule has 0 spiro atoms. The number of hydrogen-bond acceptors (Lipinski definition) is 7. The van der Waals surface area contributed by atoms with Gasteiger partial charge in [0.15, 0.2) is 5.82 Å². The molecule has 174 valence electrons. The zero-order valence-corrected chi connectivity index (χ0v) is 20.0. The summed E-state index contributed by atoms with van der Waals surface area (Å²) in [7, 11) is 1.58. The summed E-state index contributed by atoms with van der Waals surface area (Å²) in [4.78, 5) is 18.1. The SMILES string of the molecule is COc1cnc(-c2ccc(CCCNc3nc(-c4ccoc4)nc(C)c3C=C(C)C)cc2)cn1. The van der Waals surface area contributed by atoms with Gasteiger partial charge in [-0.15, -0.1) is 0 Å². The van der Waals surface area contributed by atoms with E-state index in [-0.39, 0.29) is 0 Å². The van der Waals surface area contributed by atoms with Crippen molar-refractivity contribution in [3.05, 3.63) is 77.6 Å². The second-order valence-corrected chi connectivity index (χ2v) is 8.30. The average molecular weight is 456 g/mol. The minimum atomic E-state index is 0.511. The standard InChI is InChI=1S/C27H29N5O2/c1-18(2)14-23-19(3)31-26(22-11-13-34-17-22)32-27(23)28-12-5-6-20-7-9-21(10-8-20)24-15-30-25(33-4)16-29-24/h7-11,13-17H,5-6,12H2,1-4H3,(H,28,31,32). The zero-order chi connectivity index (χ0) is 23.9. The van der Waals surface area contributed by atoms with Crippen molar-refractivity contribution in [2.24, 2.45) is 0 Å². The Morgan fingerprint density at radius 3 is 2.50 bits per heavy atom. The van der Waals surface area contributed by atoms with Crippen LogP contribution in [0.3, 0.4) is 0 Å². The van der Waals surface area contributed by atoms with Gasteiger partial charge in [0.05, 0.1) is 42.7 Å². The molecule has 0 saturated heterocycles. The highest BCUT2D eigenvalue weighted by molar-refractivity contribution is 5.69. The Hall–Kier alpha value is -4.00. The molecule has 0 atom stereocenters. The van der Waals surface area contributed by atoms with E-state index in [0.29, 0.717) is 11.7 Å². The Morgan fingerprint density at radius 1 is 1.03 bits per heavy atom. The summed E-state index contributed by atoms with van der Waals surface area (Å²) in [6.07, 6.45) is 10.7. The molecule has 3 aromatic heterocycles. The summed E-state index contributed by atoms with van der Waals surface area (Å²) in [6.45, 7) is 6.97. The topological polar surface area (TPSA) is 86.0 Å². The van der Waals surface area contributed by atoms with E-state index in [4.69, 9.17) is 14.1 Å². The maximum Gasteiger partial charge on any atom is 0.232 e. The van der Waals surface area contributed by atoms with Crippen molar-refractivity contribution < 1.29 is 9.15 Å². The van der Waals surface area contributed by atoms with Gasteiger partial charge in [0.1, 0.15) is 12.1 Å². The van der Waals surface area contributed by atoms with E-state index in [1.54, 1.807) is 32.0 Å². The lowest BCUT2D eigenvalue weighted by Crippen LogP contribution is -2.09. The lowest BCUT2D eigenvalue weighted by Gasteiger charge is -2.13. The quantitative estimate of drug-likeness (QED) is 0.311. The molecule has 4 aromatic rings. The summed E-state index contributed by atoms with van der Waals surface area (Å²) in [5.41, 5.74) is 7.17. The lowest BCUT2D eigenvalue weighted by atomic mass is 10.1. The van der Waals surface area contributed by atoms with Crippen LogP contribution in [0, 0.1) is 6.92 Å². The summed E-state index contributed by atoms with van der Waals surface area (Å²) >= 11 is 0. The van der Waals surface area contributed by atoms with E-state index in [9.17, 15) is 0 Å². The fourth-order valence-electron chi connectivity index (χ4n) is 3.61. The Labute approximate surface area is 200 Å². The summed E-state index contributed by atoms with van der Waals surface area (Å²) in [5, 5.41) is 3.52. The van der Waals surface area contributed by atoms with Crippen LogP contribution in [0.25, 0.3) is 28.7 Å². The van der Waals surface area contributed by atoms with E-state index >= 15 is 0 Å². The van der Waals surface area contributed by atoms with Gasteiger partial charge in [0, 0.05) is 17.7 Å².